The predicted octanol–water partition coefficient (Wildman–Crippen LogP) is 6.97. The molecule has 1 aliphatic heterocycles. The molecule has 1 atom stereocenters. The van der Waals surface area contributed by atoms with Gasteiger partial charge in [-0.1, -0.05) is 95.2 Å². The molecule has 7 nitrogen and oxygen atoms in total. The average Bonchev–Trinajstić information content (AvgIpc) is 3.38. The minimum Gasteiger partial charge on any atom is -0.493 e. The summed E-state index contributed by atoms with van der Waals surface area (Å²) in [5.41, 5.74) is 2.58. The molecule has 5 aromatic rings. The van der Waals surface area contributed by atoms with Crippen molar-refractivity contribution in [2.45, 2.75) is 19.6 Å². The van der Waals surface area contributed by atoms with Crippen molar-refractivity contribution in [1.82, 2.24) is 4.57 Å². The van der Waals surface area contributed by atoms with Crippen LogP contribution in [0.1, 0.15) is 35.2 Å². The minimum atomic E-state index is -0.841. The Hall–Kier alpha value is -4.70. The lowest BCUT2D eigenvalue weighted by molar-refractivity contribution is -0.138. The summed E-state index contributed by atoms with van der Waals surface area (Å²) >= 11 is 14.0. The molecular formula is C36H27Cl2FN2O5S. The van der Waals surface area contributed by atoms with Gasteiger partial charge in [0.05, 0.1) is 40.6 Å². The molecule has 0 aliphatic carbocycles. The van der Waals surface area contributed by atoms with Gasteiger partial charge in [-0.15, -0.1) is 0 Å². The van der Waals surface area contributed by atoms with E-state index in [4.69, 9.17) is 42.4 Å². The third kappa shape index (κ3) is 6.60. The maximum absolute atomic E-state index is 14.2. The molecule has 4 aromatic carbocycles. The molecule has 0 unspecified atom stereocenters. The van der Waals surface area contributed by atoms with Gasteiger partial charge in [0.15, 0.2) is 16.3 Å². The number of carbonyl (C=O) groups excluding carboxylic acids is 1. The van der Waals surface area contributed by atoms with Gasteiger partial charge in [0.2, 0.25) is 0 Å². The summed E-state index contributed by atoms with van der Waals surface area (Å²) < 4.78 is 32.9. The zero-order valence-electron chi connectivity index (χ0n) is 25.2. The van der Waals surface area contributed by atoms with Gasteiger partial charge in [0.1, 0.15) is 12.4 Å². The molecule has 1 aliphatic rings. The zero-order chi connectivity index (χ0) is 33.1. The molecule has 47 heavy (non-hydrogen) atoms. The molecular weight excluding hydrogens is 662 g/mol. The van der Waals surface area contributed by atoms with E-state index in [-0.39, 0.29) is 35.1 Å². The van der Waals surface area contributed by atoms with Crippen LogP contribution >= 0.6 is 34.5 Å². The first-order valence-electron chi connectivity index (χ1n) is 14.6. The predicted molar refractivity (Wildman–Crippen MR) is 181 cm³/mol. The van der Waals surface area contributed by atoms with Crippen LogP contribution < -0.4 is 24.4 Å². The molecule has 1 aromatic heterocycles. The summed E-state index contributed by atoms with van der Waals surface area (Å²) in [6.07, 6.45) is 1.67. The number of ether oxygens (including phenoxy) is 3. The molecule has 238 valence electrons. The number of hydrogen-bond donors (Lipinski definition) is 0. The van der Waals surface area contributed by atoms with Crippen LogP contribution in [0.2, 0.25) is 10.0 Å². The molecule has 0 spiro atoms. The Labute approximate surface area is 283 Å². The van der Waals surface area contributed by atoms with Crippen LogP contribution in [0.25, 0.3) is 11.8 Å². The minimum absolute atomic E-state index is 0.0576. The van der Waals surface area contributed by atoms with E-state index < -0.39 is 17.8 Å². The van der Waals surface area contributed by atoms with Gasteiger partial charge in [-0.3, -0.25) is 9.36 Å². The molecule has 0 saturated heterocycles. The van der Waals surface area contributed by atoms with Crippen LogP contribution in [0.3, 0.4) is 0 Å². The van der Waals surface area contributed by atoms with E-state index >= 15 is 0 Å². The standard InChI is InChI=1S/C36H27Cl2FN2O5S/c1-3-45-35(43)30-31(22-9-5-4-6-10-22)40-36-41(32(30)23-13-15-25(37)16-14-23)34(42)29(47-36)19-21-17-26(38)33(28(18-21)44-2)46-20-24-11-7-8-12-27(24)39/h4-19,32H,3,20H2,1-2H3/b29-19-/t32-/m1/s1. The number of thiazole rings is 1. The average molecular weight is 690 g/mol. The number of rotatable bonds is 9. The first kappa shape index (κ1) is 32.2. The van der Waals surface area contributed by atoms with Gasteiger partial charge >= 0.3 is 5.97 Å². The highest BCUT2D eigenvalue weighted by atomic mass is 35.5. The van der Waals surface area contributed by atoms with Crippen LogP contribution in [0, 0.1) is 5.82 Å². The summed E-state index contributed by atoms with van der Waals surface area (Å²) in [6.45, 7) is 1.81. The lowest BCUT2D eigenvalue weighted by Gasteiger charge is -2.25. The van der Waals surface area contributed by atoms with E-state index in [1.54, 1.807) is 67.6 Å². The third-order valence-corrected chi connectivity index (χ3v) is 8.95. The molecule has 0 fully saturated rings. The lowest BCUT2D eigenvalue weighted by Crippen LogP contribution is -2.40. The topological polar surface area (TPSA) is 79.1 Å². The van der Waals surface area contributed by atoms with Gasteiger partial charge in [0, 0.05) is 16.1 Å². The van der Waals surface area contributed by atoms with Crippen molar-refractivity contribution in [3.63, 3.8) is 0 Å². The van der Waals surface area contributed by atoms with Crippen LogP contribution in [0.4, 0.5) is 4.39 Å². The molecule has 11 heteroatoms. The Morgan fingerprint density at radius 1 is 1.02 bits per heavy atom. The maximum Gasteiger partial charge on any atom is 0.338 e. The Bertz CT molecular complexity index is 2180. The van der Waals surface area contributed by atoms with Crippen molar-refractivity contribution in [3.05, 3.63) is 154 Å². The fourth-order valence-corrected chi connectivity index (χ4v) is 6.68. The number of fused-ring (bicyclic) bond motifs is 1. The second-order valence-electron chi connectivity index (χ2n) is 10.4. The Morgan fingerprint density at radius 2 is 1.74 bits per heavy atom. The Morgan fingerprint density at radius 3 is 2.45 bits per heavy atom. The quantitative estimate of drug-likeness (QED) is 0.156. The van der Waals surface area contributed by atoms with Crippen molar-refractivity contribution in [1.29, 1.82) is 0 Å². The Kier molecular flexibility index (Phi) is 9.58. The SMILES string of the molecule is CCOC(=O)C1=C(c2ccccc2)N=c2s/c(=C\c3cc(Cl)c(OCc4ccccc4F)c(OC)c3)c(=O)n2[C@@H]1c1ccc(Cl)cc1. The van der Waals surface area contributed by atoms with Crippen LogP contribution in [0.5, 0.6) is 11.5 Å². The molecule has 0 saturated carbocycles. The van der Waals surface area contributed by atoms with E-state index in [0.29, 0.717) is 48.1 Å². The van der Waals surface area contributed by atoms with Crippen molar-refractivity contribution >= 4 is 52.3 Å². The van der Waals surface area contributed by atoms with Gasteiger partial charge < -0.3 is 14.2 Å². The number of halogens is 3. The number of esters is 1. The van der Waals surface area contributed by atoms with E-state index in [9.17, 15) is 14.0 Å². The van der Waals surface area contributed by atoms with E-state index in [0.717, 1.165) is 0 Å². The number of aromatic nitrogens is 1. The second-order valence-corrected chi connectivity index (χ2v) is 12.2. The van der Waals surface area contributed by atoms with E-state index in [1.165, 1.54) is 29.1 Å². The maximum atomic E-state index is 14.2. The summed E-state index contributed by atoms with van der Waals surface area (Å²) in [5.74, 6) is -0.423. The smallest absolute Gasteiger partial charge is 0.338 e. The summed E-state index contributed by atoms with van der Waals surface area (Å²) in [6, 6.07) is 25.0. The monoisotopic (exact) mass is 688 g/mol. The largest absolute Gasteiger partial charge is 0.493 e. The molecule has 0 bridgehead atoms. The van der Waals surface area contributed by atoms with Crippen molar-refractivity contribution < 1.29 is 23.4 Å². The van der Waals surface area contributed by atoms with Gasteiger partial charge in [0.25, 0.3) is 5.56 Å². The number of carbonyl (C=O) groups is 1. The number of benzene rings is 4. The summed E-state index contributed by atoms with van der Waals surface area (Å²) in [4.78, 5) is 33.1. The van der Waals surface area contributed by atoms with Crippen molar-refractivity contribution in [2.24, 2.45) is 4.99 Å². The van der Waals surface area contributed by atoms with Crippen molar-refractivity contribution in [2.75, 3.05) is 13.7 Å². The normalized spacial score (nSPS) is 14.4. The molecule has 6 rings (SSSR count). The fourth-order valence-electron chi connectivity index (χ4n) is 5.28. The number of hydrogen-bond acceptors (Lipinski definition) is 7. The first-order chi connectivity index (χ1) is 22.8. The number of nitrogens with zero attached hydrogens (tertiary/aromatic N) is 2. The third-order valence-electron chi connectivity index (χ3n) is 7.44. The fraction of sp³-hybridized carbons (Fsp3) is 0.139. The van der Waals surface area contributed by atoms with Crippen LogP contribution in [-0.2, 0) is 16.1 Å². The lowest BCUT2D eigenvalue weighted by atomic mass is 9.93. The zero-order valence-corrected chi connectivity index (χ0v) is 27.5. The summed E-state index contributed by atoms with van der Waals surface area (Å²) in [5, 5.41) is 0.730. The molecule has 0 amide bonds. The second kappa shape index (κ2) is 14.0. The van der Waals surface area contributed by atoms with Gasteiger partial charge in [-0.2, -0.15) is 0 Å². The highest BCUT2D eigenvalue weighted by Crippen LogP contribution is 2.38. The first-order valence-corrected chi connectivity index (χ1v) is 16.1. The molecule has 0 radical (unpaired) electrons. The highest BCUT2D eigenvalue weighted by molar-refractivity contribution is 7.07. The highest BCUT2D eigenvalue weighted by Gasteiger charge is 2.35. The van der Waals surface area contributed by atoms with Crippen LogP contribution in [-0.4, -0.2) is 24.3 Å². The van der Waals surface area contributed by atoms with E-state index in [1.807, 2.05) is 30.3 Å². The van der Waals surface area contributed by atoms with Crippen LogP contribution in [0.15, 0.2) is 106 Å². The Balaban J connectivity index is 1.49. The van der Waals surface area contributed by atoms with E-state index in [2.05, 4.69) is 0 Å². The molecule has 2 heterocycles. The van der Waals surface area contributed by atoms with Gasteiger partial charge in [-0.05, 0) is 54.5 Å². The van der Waals surface area contributed by atoms with Gasteiger partial charge in [-0.25, -0.2) is 14.2 Å². The molecule has 0 N–H and O–H groups in total. The van der Waals surface area contributed by atoms with Crippen molar-refractivity contribution in [3.8, 4) is 11.5 Å². The number of methoxy groups -OCH3 is 1. The summed E-state index contributed by atoms with van der Waals surface area (Å²) in [7, 11) is 1.47.